The molecule has 0 unspecified atom stereocenters. The van der Waals surface area contributed by atoms with E-state index in [-0.39, 0.29) is 59.2 Å². The van der Waals surface area contributed by atoms with Crippen molar-refractivity contribution in [2.75, 3.05) is 19.7 Å². The number of aliphatic hydroxyl groups excluding tert-OH is 1. The van der Waals surface area contributed by atoms with E-state index in [2.05, 4.69) is 10.6 Å². The largest absolute Gasteiger partial charge is 0.505 e. The summed E-state index contributed by atoms with van der Waals surface area (Å²) in [7, 11) is 0. The molecule has 57 heavy (non-hydrogen) atoms. The lowest BCUT2D eigenvalue weighted by Gasteiger charge is -2.08. The second-order valence-electron chi connectivity index (χ2n) is 12.7. The second-order valence-corrected chi connectivity index (χ2v) is 12.7. The minimum absolute atomic E-state index is 0.0142. The smallest absolute Gasteiger partial charge is 0.322 e. The van der Waals surface area contributed by atoms with Crippen LogP contribution in [0.25, 0.3) is 21.8 Å². The van der Waals surface area contributed by atoms with Gasteiger partial charge in [0.1, 0.15) is 18.2 Å². The Balaban J connectivity index is 0.000000218. The molecule has 2 amide bonds. The number of phenols is 2. The zero-order valence-electron chi connectivity index (χ0n) is 30.2. The van der Waals surface area contributed by atoms with E-state index in [4.69, 9.17) is 10.2 Å². The molecular weight excluding hydrogens is 756 g/mol. The number of hydrogen-bond acceptors (Lipinski definition) is 8. The van der Waals surface area contributed by atoms with Crippen LogP contribution in [0, 0.1) is 37.1 Å². The predicted octanol–water partition coefficient (Wildman–Crippen LogP) is 4.64. The minimum atomic E-state index is -1.22. The van der Waals surface area contributed by atoms with Crippen LogP contribution in [0.15, 0.2) is 72.8 Å². The standard InChI is InChI=1S/C20H16F2N2O5.C20H18F2N2O4/c1-10-13(7-18(26)23-9-19(27)28)14-6-17(25)15(22)8-16(14)24(10)20(29)11-3-2-4-12(21)5-11;1-11-14(9-19(27)23-5-6-25)15-8-18(26)16(22)10-17(15)24(11)20(28)12-3-2-4-13(21)7-12/h2-6,8,25H,7,9H2,1H3,(H,23,26)(H,27,28);2-4,7-8,10,25-26H,5-6,9H2,1H3,(H,23,27). The van der Waals surface area contributed by atoms with Gasteiger partial charge in [-0.1, -0.05) is 12.1 Å². The average Bonchev–Trinajstić information content (AvgIpc) is 3.57. The number of amides is 2. The van der Waals surface area contributed by atoms with Gasteiger partial charge in [-0.2, -0.15) is 0 Å². The maximum Gasteiger partial charge on any atom is 0.322 e. The molecule has 296 valence electrons. The van der Waals surface area contributed by atoms with E-state index in [1.54, 1.807) is 6.92 Å². The molecule has 0 spiro atoms. The number of nitrogens with one attached hydrogen (secondary N) is 2. The highest BCUT2D eigenvalue weighted by molar-refractivity contribution is 6.06. The Morgan fingerprint density at radius 3 is 1.44 bits per heavy atom. The fourth-order valence-corrected chi connectivity index (χ4v) is 6.26. The van der Waals surface area contributed by atoms with Gasteiger partial charge >= 0.3 is 5.97 Å². The summed E-state index contributed by atoms with van der Waals surface area (Å²) in [6.45, 7) is 2.36. The third-order valence-electron chi connectivity index (χ3n) is 8.90. The van der Waals surface area contributed by atoms with Crippen LogP contribution in [0.4, 0.5) is 17.6 Å². The topological polar surface area (TPSA) is 200 Å². The first-order valence-corrected chi connectivity index (χ1v) is 17.0. The number of aliphatic carboxylic acids is 1. The highest BCUT2D eigenvalue weighted by Gasteiger charge is 2.25. The van der Waals surface area contributed by atoms with Crippen LogP contribution in [0.5, 0.6) is 11.5 Å². The Morgan fingerprint density at radius 1 is 0.632 bits per heavy atom. The first kappa shape index (κ1) is 41.2. The summed E-state index contributed by atoms with van der Waals surface area (Å²) in [6.07, 6.45) is -0.443. The zero-order valence-corrected chi connectivity index (χ0v) is 30.2. The minimum Gasteiger partial charge on any atom is -0.505 e. The quantitative estimate of drug-likeness (QED) is 0.107. The first-order valence-electron chi connectivity index (χ1n) is 17.0. The fraction of sp³-hybridized carbons (Fsp3) is 0.175. The lowest BCUT2D eigenvalue weighted by atomic mass is 10.1. The molecular formula is C40H34F4N4O9. The molecule has 0 bridgehead atoms. The molecule has 13 nitrogen and oxygen atoms in total. The van der Waals surface area contributed by atoms with E-state index in [0.717, 1.165) is 41.0 Å². The molecule has 6 aromatic rings. The number of aromatic nitrogens is 2. The van der Waals surface area contributed by atoms with Crippen LogP contribution >= 0.6 is 0 Å². The van der Waals surface area contributed by atoms with Crippen molar-refractivity contribution in [2.45, 2.75) is 26.7 Å². The Kier molecular flexibility index (Phi) is 12.4. The molecule has 0 saturated heterocycles. The number of hydrogen-bond donors (Lipinski definition) is 6. The van der Waals surface area contributed by atoms with E-state index >= 15 is 0 Å². The monoisotopic (exact) mass is 790 g/mol. The summed E-state index contributed by atoms with van der Waals surface area (Å²) < 4.78 is 57.4. The first-order chi connectivity index (χ1) is 27.0. The normalized spacial score (nSPS) is 10.9. The Hall–Kier alpha value is -7.01. The summed E-state index contributed by atoms with van der Waals surface area (Å²) in [5, 5.41) is 42.3. The van der Waals surface area contributed by atoms with Crippen LogP contribution < -0.4 is 10.6 Å². The van der Waals surface area contributed by atoms with Gasteiger partial charge in [0.05, 0.1) is 30.5 Å². The van der Waals surface area contributed by atoms with Crippen molar-refractivity contribution >= 4 is 51.4 Å². The summed E-state index contributed by atoms with van der Waals surface area (Å²) in [5.41, 5.74) is 1.71. The lowest BCUT2D eigenvalue weighted by molar-refractivity contribution is -0.137. The second kappa shape index (κ2) is 17.2. The van der Waals surface area contributed by atoms with Gasteiger partial charge in [0, 0.05) is 52.0 Å². The summed E-state index contributed by atoms with van der Waals surface area (Å²) >= 11 is 0. The van der Waals surface area contributed by atoms with Crippen LogP contribution in [-0.2, 0) is 27.2 Å². The van der Waals surface area contributed by atoms with Gasteiger partial charge in [-0.25, -0.2) is 17.6 Å². The van der Waals surface area contributed by atoms with Crippen LogP contribution in [0.3, 0.4) is 0 Å². The molecule has 0 aliphatic carbocycles. The summed E-state index contributed by atoms with van der Waals surface area (Å²) in [4.78, 5) is 60.8. The number of carboxylic acids is 1. The van der Waals surface area contributed by atoms with Gasteiger partial charge in [0.15, 0.2) is 23.1 Å². The highest BCUT2D eigenvalue weighted by Crippen LogP contribution is 2.34. The van der Waals surface area contributed by atoms with Gasteiger partial charge in [-0.15, -0.1) is 0 Å². The maximum absolute atomic E-state index is 14.0. The van der Waals surface area contributed by atoms with Crippen LogP contribution in [-0.4, -0.2) is 78.9 Å². The SMILES string of the molecule is Cc1c(CC(=O)NCC(=O)O)c2cc(O)c(F)cc2n1C(=O)c1cccc(F)c1.Cc1c(CC(=O)NCCO)c2cc(O)c(F)cc2n1C(=O)c1cccc(F)c1. The van der Waals surface area contributed by atoms with Crippen LogP contribution in [0.1, 0.15) is 43.2 Å². The Bertz CT molecular complexity index is 2580. The van der Waals surface area contributed by atoms with Crippen molar-refractivity contribution in [1.82, 2.24) is 19.8 Å². The fourth-order valence-electron chi connectivity index (χ4n) is 6.26. The molecule has 4 aromatic carbocycles. The third kappa shape index (κ3) is 8.94. The van der Waals surface area contributed by atoms with Gasteiger partial charge in [0.2, 0.25) is 11.8 Å². The number of benzene rings is 4. The van der Waals surface area contributed by atoms with E-state index in [1.807, 2.05) is 0 Å². The molecule has 6 rings (SSSR count). The highest BCUT2D eigenvalue weighted by atomic mass is 19.1. The van der Waals surface area contributed by atoms with Crippen molar-refractivity contribution in [1.29, 1.82) is 0 Å². The third-order valence-corrected chi connectivity index (χ3v) is 8.90. The molecule has 6 N–H and O–H groups in total. The molecule has 0 aliphatic heterocycles. The number of nitrogens with zero attached hydrogens (tertiary/aromatic N) is 2. The zero-order chi connectivity index (χ0) is 41.7. The van der Waals surface area contributed by atoms with Crippen LogP contribution in [0.2, 0.25) is 0 Å². The van der Waals surface area contributed by atoms with Crippen molar-refractivity contribution in [3.63, 3.8) is 0 Å². The van der Waals surface area contributed by atoms with Gasteiger partial charge in [-0.3, -0.25) is 33.1 Å². The van der Waals surface area contributed by atoms with E-state index in [9.17, 15) is 51.7 Å². The number of aromatic hydroxyl groups is 2. The van der Waals surface area contributed by atoms with Crippen molar-refractivity contribution in [3.8, 4) is 11.5 Å². The number of carboxylic acid groups (broad SMARTS) is 1. The van der Waals surface area contributed by atoms with E-state index < -0.39 is 70.9 Å². The van der Waals surface area contributed by atoms with E-state index in [0.29, 0.717) is 22.2 Å². The number of fused-ring (bicyclic) bond motifs is 2. The molecule has 2 heterocycles. The van der Waals surface area contributed by atoms with Gasteiger partial charge in [0.25, 0.3) is 11.8 Å². The van der Waals surface area contributed by atoms with Crippen molar-refractivity contribution in [2.24, 2.45) is 0 Å². The average molecular weight is 791 g/mol. The van der Waals surface area contributed by atoms with Gasteiger partial charge < -0.3 is 31.1 Å². The maximum atomic E-state index is 14.0. The number of halogens is 4. The molecule has 0 aliphatic rings. The number of carbonyl (C=O) groups excluding carboxylic acids is 4. The molecule has 2 aromatic heterocycles. The number of aliphatic hydroxyl groups is 1. The summed E-state index contributed by atoms with van der Waals surface area (Å²) in [5.74, 6) is -7.87. The summed E-state index contributed by atoms with van der Waals surface area (Å²) in [6, 6.07) is 14.2. The van der Waals surface area contributed by atoms with Gasteiger partial charge in [-0.05, 0) is 73.5 Å². The number of phenolic OH excluding ortho intramolecular Hbond substituents is 2. The van der Waals surface area contributed by atoms with Crippen molar-refractivity contribution in [3.05, 3.63) is 130 Å². The number of carbonyl (C=O) groups is 5. The van der Waals surface area contributed by atoms with E-state index in [1.165, 1.54) is 47.9 Å². The Labute approximate surface area is 320 Å². The van der Waals surface area contributed by atoms with Crippen molar-refractivity contribution < 1.29 is 62.0 Å². The molecule has 0 saturated carbocycles. The lowest BCUT2D eigenvalue weighted by Crippen LogP contribution is -2.30. The molecule has 0 atom stereocenters. The number of rotatable bonds is 10. The molecule has 0 fully saturated rings. The molecule has 17 heteroatoms. The Morgan fingerprint density at radius 2 is 1.05 bits per heavy atom. The predicted molar refractivity (Wildman–Crippen MR) is 197 cm³/mol. The molecule has 0 radical (unpaired) electrons.